The van der Waals surface area contributed by atoms with Gasteiger partial charge in [-0.3, -0.25) is 0 Å². The van der Waals surface area contributed by atoms with Crippen LogP contribution in [0.2, 0.25) is 0 Å². The molecule has 130 valence electrons. The number of anilines is 1. The lowest BCUT2D eigenvalue weighted by molar-refractivity contribution is 0.492. The molecule has 0 spiro atoms. The molecule has 1 N–H and O–H groups in total. The normalized spacial score (nSPS) is 15.7. The van der Waals surface area contributed by atoms with Crippen molar-refractivity contribution >= 4 is 22.0 Å². The van der Waals surface area contributed by atoms with Gasteiger partial charge in [-0.1, -0.05) is 92.7 Å². The van der Waals surface area contributed by atoms with E-state index >= 15 is 0 Å². The van der Waals surface area contributed by atoms with Gasteiger partial charge < -0.3 is 5.32 Å². The van der Waals surface area contributed by atoms with Crippen LogP contribution in [0.5, 0.6) is 0 Å². The van der Waals surface area contributed by atoms with Gasteiger partial charge in [-0.05, 0) is 40.0 Å². The van der Waals surface area contributed by atoms with Crippen LogP contribution in [0.1, 0.15) is 31.4 Å². The van der Waals surface area contributed by atoms with E-state index in [9.17, 15) is 0 Å². The number of rotatable bonds is 4. The molecular formula is C25H25N. The lowest BCUT2D eigenvalue weighted by Crippen LogP contribution is -2.11. The number of allylic oxidation sites excluding steroid dienone is 4. The van der Waals surface area contributed by atoms with Gasteiger partial charge in [-0.2, -0.15) is 0 Å². The van der Waals surface area contributed by atoms with Crippen molar-refractivity contribution in [3.8, 4) is 0 Å². The largest absolute Gasteiger partial charge is 0.380 e. The van der Waals surface area contributed by atoms with E-state index < -0.39 is 0 Å². The average Bonchev–Trinajstić information content (AvgIpc) is 2.66. The predicted octanol–water partition coefficient (Wildman–Crippen LogP) is 6.82. The third-order valence-electron chi connectivity index (χ3n) is 5.07. The summed E-state index contributed by atoms with van der Waals surface area (Å²) in [6, 6.07) is 23.7. The summed E-state index contributed by atoms with van der Waals surface area (Å²) in [7, 11) is 0. The minimum absolute atomic E-state index is 0.207. The molecule has 1 aliphatic carbocycles. The molecule has 26 heavy (non-hydrogen) atoms. The zero-order valence-corrected chi connectivity index (χ0v) is 15.5. The van der Waals surface area contributed by atoms with E-state index in [4.69, 9.17) is 0 Å². The Morgan fingerprint density at radius 2 is 1.65 bits per heavy atom. The van der Waals surface area contributed by atoms with Crippen molar-refractivity contribution in [2.24, 2.45) is 5.41 Å². The third-order valence-corrected chi connectivity index (χ3v) is 5.07. The number of fused-ring (bicyclic) bond motifs is 1. The molecule has 0 atom stereocenters. The summed E-state index contributed by atoms with van der Waals surface area (Å²) in [6.07, 6.45) is 7.84. The molecule has 3 aromatic rings. The Balaban J connectivity index is 1.75. The van der Waals surface area contributed by atoms with Crippen LogP contribution in [0, 0.1) is 5.41 Å². The molecule has 0 saturated carbocycles. The highest BCUT2D eigenvalue weighted by Crippen LogP contribution is 2.39. The molecular weight excluding hydrogens is 314 g/mol. The standard InChI is InChI=1S/C25H25N/c1-25(2)16-8-13-21(17-25)22-14-6-11-20-12-7-15-23(24(20)22)26-18-19-9-4-3-5-10-19/h3-16,26H,17-18H2,1-2H3. The van der Waals surface area contributed by atoms with E-state index in [0.29, 0.717) is 0 Å². The first-order valence-corrected chi connectivity index (χ1v) is 9.31. The lowest BCUT2D eigenvalue weighted by Gasteiger charge is -2.26. The smallest absolute Gasteiger partial charge is 0.0428 e. The van der Waals surface area contributed by atoms with Gasteiger partial charge in [0, 0.05) is 17.6 Å². The van der Waals surface area contributed by atoms with Crippen molar-refractivity contribution in [2.75, 3.05) is 5.32 Å². The number of nitrogens with one attached hydrogen (secondary N) is 1. The molecule has 1 nitrogen and oxygen atoms in total. The van der Waals surface area contributed by atoms with Crippen LogP contribution in [-0.2, 0) is 6.54 Å². The van der Waals surface area contributed by atoms with Gasteiger partial charge >= 0.3 is 0 Å². The molecule has 3 aromatic carbocycles. The summed E-state index contributed by atoms with van der Waals surface area (Å²) in [6.45, 7) is 5.44. The fraction of sp³-hybridized carbons (Fsp3) is 0.200. The zero-order chi connectivity index (χ0) is 18.0. The predicted molar refractivity (Wildman–Crippen MR) is 113 cm³/mol. The van der Waals surface area contributed by atoms with Crippen molar-refractivity contribution in [3.05, 3.63) is 96.1 Å². The first-order chi connectivity index (χ1) is 12.6. The molecule has 0 bridgehead atoms. The average molecular weight is 339 g/mol. The molecule has 0 unspecified atom stereocenters. The Kier molecular flexibility index (Phi) is 4.38. The van der Waals surface area contributed by atoms with E-state index in [2.05, 4.69) is 104 Å². The van der Waals surface area contributed by atoms with Crippen molar-refractivity contribution in [2.45, 2.75) is 26.8 Å². The topological polar surface area (TPSA) is 12.0 Å². The highest BCUT2D eigenvalue weighted by molar-refractivity contribution is 6.02. The van der Waals surface area contributed by atoms with Crippen molar-refractivity contribution < 1.29 is 0 Å². The maximum Gasteiger partial charge on any atom is 0.0428 e. The van der Waals surface area contributed by atoms with Crippen molar-refractivity contribution in [1.82, 2.24) is 0 Å². The Morgan fingerprint density at radius 3 is 2.42 bits per heavy atom. The number of benzene rings is 3. The van der Waals surface area contributed by atoms with Crippen LogP contribution < -0.4 is 5.32 Å². The Hall–Kier alpha value is -2.80. The highest BCUT2D eigenvalue weighted by Gasteiger charge is 2.21. The van der Waals surface area contributed by atoms with Gasteiger partial charge in [-0.25, -0.2) is 0 Å². The highest BCUT2D eigenvalue weighted by atomic mass is 14.9. The van der Waals surface area contributed by atoms with Gasteiger partial charge in [0.1, 0.15) is 0 Å². The molecule has 0 saturated heterocycles. The van der Waals surface area contributed by atoms with Crippen molar-refractivity contribution in [3.63, 3.8) is 0 Å². The van der Waals surface area contributed by atoms with Gasteiger partial charge in [0.2, 0.25) is 0 Å². The quantitative estimate of drug-likeness (QED) is 0.550. The second-order valence-corrected chi connectivity index (χ2v) is 7.76. The lowest BCUT2D eigenvalue weighted by atomic mass is 9.79. The summed E-state index contributed by atoms with van der Waals surface area (Å²) in [4.78, 5) is 0. The molecule has 1 aliphatic rings. The van der Waals surface area contributed by atoms with Gasteiger partial charge in [-0.15, -0.1) is 0 Å². The fourth-order valence-corrected chi connectivity index (χ4v) is 3.77. The molecule has 0 amide bonds. The molecule has 0 aliphatic heterocycles. The minimum atomic E-state index is 0.207. The van der Waals surface area contributed by atoms with Gasteiger partial charge in [0.25, 0.3) is 0 Å². The molecule has 0 radical (unpaired) electrons. The molecule has 0 aromatic heterocycles. The first-order valence-electron chi connectivity index (χ1n) is 9.31. The fourth-order valence-electron chi connectivity index (χ4n) is 3.77. The monoisotopic (exact) mass is 339 g/mol. The maximum absolute atomic E-state index is 3.66. The maximum atomic E-state index is 3.66. The van der Waals surface area contributed by atoms with Crippen molar-refractivity contribution in [1.29, 1.82) is 0 Å². The molecule has 0 heterocycles. The summed E-state index contributed by atoms with van der Waals surface area (Å²) in [5, 5.41) is 6.27. The van der Waals surface area contributed by atoms with Crippen LogP contribution in [0.25, 0.3) is 16.3 Å². The second kappa shape index (κ2) is 6.84. The summed E-state index contributed by atoms with van der Waals surface area (Å²) in [5.74, 6) is 0. The third kappa shape index (κ3) is 3.43. The van der Waals surface area contributed by atoms with E-state index in [0.717, 1.165) is 13.0 Å². The van der Waals surface area contributed by atoms with E-state index in [1.807, 2.05) is 0 Å². The zero-order valence-electron chi connectivity index (χ0n) is 15.5. The summed E-state index contributed by atoms with van der Waals surface area (Å²) < 4.78 is 0. The number of hydrogen-bond donors (Lipinski definition) is 1. The van der Waals surface area contributed by atoms with E-state index in [-0.39, 0.29) is 5.41 Å². The van der Waals surface area contributed by atoms with Crippen LogP contribution in [0.3, 0.4) is 0 Å². The van der Waals surface area contributed by atoms with E-state index in [1.165, 1.54) is 33.2 Å². The Bertz CT molecular complexity index is 972. The molecule has 1 heteroatoms. The van der Waals surface area contributed by atoms with E-state index in [1.54, 1.807) is 0 Å². The first kappa shape index (κ1) is 16.7. The Morgan fingerprint density at radius 1 is 0.885 bits per heavy atom. The van der Waals surface area contributed by atoms with Gasteiger partial charge in [0.15, 0.2) is 0 Å². The second-order valence-electron chi connectivity index (χ2n) is 7.76. The summed E-state index contributed by atoms with van der Waals surface area (Å²) in [5.41, 5.74) is 5.46. The molecule has 0 fully saturated rings. The van der Waals surface area contributed by atoms with Crippen LogP contribution in [0.4, 0.5) is 5.69 Å². The van der Waals surface area contributed by atoms with Crippen LogP contribution in [0.15, 0.2) is 85.0 Å². The number of hydrogen-bond acceptors (Lipinski definition) is 1. The SMILES string of the molecule is CC1(C)C=CC=C(c2cccc3cccc(NCc4ccccc4)c23)C1. The van der Waals surface area contributed by atoms with Crippen LogP contribution >= 0.6 is 0 Å². The minimum Gasteiger partial charge on any atom is -0.380 e. The van der Waals surface area contributed by atoms with Gasteiger partial charge in [0.05, 0.1) is 0 Å². The van der Waals surface area contributed by atoms with Crippen LogP contribution in [-0.4, -0.2) is 0 Å². The summed E-state index contributed by atoms with van der Waals surface area (Å²) >= 11 is 0. The Labute approximate surface area is 156 Å². The molecule has 4 rings (SSSR count).